The van der Waals surface area contributed by atoms with Crippen molar-refractivity contribution in [3.63, 3.8) is 0 Å². The molecule has 1 unspecified atom stereocenters. The summed E-state index contributed by atoms with van der Waals surface area (Å²) in [6.07, 6.45) is 0.230. The molecular formula is C14H22N2O3. The molecule has 1 atom stereocenters. The fourth-order valence-electron chi connectivity index (χ4n) is 1.89. The van der Waals surface area contributed by atoms with Gasteiger partial charge in [0.25, 0.3) is 0 Å². The van der Waals surface area contributed by atoms with E-state index in [0.29, 0.717) is 24.5 Å². The highest BCUT2D eigenvalue weighted by Crippen LogP contribution is 2.21. The van der Waals surface area contributed by atoms with Crippen molar-refractivity contribution in [2.24, 2.45) is 5.41 Å². The monoisotopic (exact) mass is 266 g/mol. The lowest BCUT2D eigenvalue weighted by molar-refractivity contribution is 0.0695. The van der Waals surface area contributed by atoms with Gasteiger partial charge in [0.1, 0.15) is 5.82 Å². The van der Waals surface area contributed by atoms with Gasteiger partial charge in [0.2, 0.25) is 0 Å². The van der Waals surface area contributed by atoms with Crippen molar-refractivity contribution in [3.05, 3.63) is 23.4 Å². The molecule has 0 aliphatic rings. The van der Waals surface area contributed by atoms with Crippen LogP contribution in [0.2, 0.25) is 0 Å². The molecule has 5 nitrogen and oxygen atoms in total. The molecular weight excluding hydrogens is 244 g/mol. The third-order valence-electron chi connectivity index (χ3n) is 2.68. The van der Waals surface area contributed by atoms with Gasteiger partial charge < -0.3 is 15.5 Å². The average Bonchev–Trinajstić information content (AvgIpc) is 2.23. The second-order valence-electron chi connectivity index (χ2n) is 5.93. The minimum atomic E-state index is -0.982. The van der Waals surface area contributed by atoms with Crippen molar-refractivity contribution in [3.8, 4) is 0 Å². The van der Waals surface area contributed by atoms with E-state index in [9.17, 15) is 9.90 Å². The molecule has 1 aromatic rings. The predicted octanol–water partition coefficient (Wildman–Crippen LogP) is 2.30. The minimum Gasteiger partial charge on any atom is -0.478 e. The van der Waals surface area contributed by atoms with Gasteiger partial charge >= 0.3 is 5.97 Å². The normalized spacial score (nSPS) is 13.1. The SMILES string of the molecule is Cc1nc(NCC(O)CC(C)(C)C)ccc1C(=O)O. The summed E-state index contributed by atoms with van der Waals surface area (Å²) < 4.78 is 0. The maximum atomic E-state index is 10.9. The summed E-state index contributed by atoms with van der Waals surface area (Å²) in [4.78, 5) is 15.0. The van der Waals surface area contributed by atoms with Gasteiger partial charge in [-0.15, -0.1) is 0 Å². The van der Waals surface area contributed by atoms with Crippen LogP contribution < -0.4 is 5.32 Å². The first kappa shape index (κ1) is 15.4. The molecule has 106 valence electrons. The maximum Gasteiger partial charge on any atom is 0.337 e. The number of hydrogen-bond donors (Lipinski definition) is 3. The zero-order valence-corrected chi connectivity index (χ0v) is 11.9. The Labute approximate surface area is 113 Å². The Hall–Kier alpha value is -1.62. The van der Waals surface area contributed by atoms with Crippen LogP contribution in [0.25, 0.3) is 0 Å². The van der Waals surface area contributed by atoms with Gasteiger partial charge in [0.05, 0.1) is 17.4 Å². The van der Waals surface area contributed by atoms with Gasteiger partial charge in [-0.25, -0.2) is 9.78 Å². The fraction of sp³-hybridized carbons (Fsp3) is 0.571. The lowest BCUT2D eigenvalue weighted by Crippen LogP contribution is -2.25. The van der Waals surface area contributed by atoms with E-state index >= 15 is 0 Å². The van der Waals surface area contributed by atoms with Crippen LogP contribution in [0, 0.1) is 12.3 Å². The van der Waals surface area contributed by atoms with Crippen molar-refractivity contribution < 1.29 is 15.0 Å². The van der Waals surface area contributed by atoms with Crippen LogP contribution in [-0.2, 0) is 0 Å². The van der Waals surface area contributed by atoms with Gasteiger partial charge in [-0.3, -0.25) is 0 Å². The first-order valence-corrected chi connectivity index (χ1v) is 6.32. The number of aryl methyl sites for hydroxylation is 1. The Kier molecular flexibility index (Phi) is 4.89. The maximum absolute atomic E-state index is 10.9. The van der Waals surface area contributed by atoms with Crippen molar-refractivity contribution in [2.75, 3.05) is 11.9 Å². The molecule has 0 saturated heterocycles. The molecule has 0 aromatic carbocycles. The number of pyridine rings is 1. The second kappa shape index (κ2) is 6.02. The molecule has 0 saturated carbocycles. The van der Waals surface area contributed by atoms with E-state index in [4.69, 9.17) is 5.11 Å². The number of aromatic carboxylic acids is 1. The molecule has 0 radical (unpaired) electrons. The number of carboxylic acid groups (broad SMARTS) is 1. The Morgan fingerprint density at radius 2 is 2.05 bits per heavy atom. The fourth-order valence-corrected chi connectivity index (χ4v) is 1.89. The first-order chi connectivity index (χ1) is 8.69. The zero-order chi connectivity index (χ0) is 14.6. The van der Waals surface area contributed by atoms with Crippen LogP contribution in [0.5, 0.6) is 0 Å². The van der Waals surface area contributed by atoms with Gasteiger partial charge in [-0.2, -0.15) is 0 Å². The van der Waals surface area contributed by atoms with E-state index < -0.39 is 12.1 Å². The number of aliphatic hydroxyl groups is 1. The molecule has 0 fully saturated rings. The standard InChI is InChI=1S/C14H22N2O3/c1-9-11(13(18)19)5-6-12(16-9)15-8-10(17)7-14(2,3)4/h5-6,10,17H,7-8H2,1-4H3,(H,15,16)(H,18,19). The van der Waals surface area contributed by atoms with Crippen molar-refractivity contribution in [1.29, 1.82) is 0 Å². The second-order valence-corrected chi connectivity index (χ2v) is 5.93. The van der Waals surface area contributed by atoms with Crippen LogP contribution >= 0.6 is 0 Å². The van der Waals surface area contributed by atoms with E-state index in [0.717, 1.165) is 0 Å². The lowest BCUT2D eigenvalue weighted by atomic mass is 9.89. The molecule has 0 amide bonds. The number of nitrogens with one attached hydrogen (secondary N) is 1. The minimum absolute atomic E-state index is 0.0671. The zero-order valence-electron chi connectivity index (χ0n) is 11.9. The molecule has 0 spiro atoms. The predicted molar refractivity (Wildman–Crippen MR) is 74.5 cm³/mol. The van der Waals surface area contributed by atoms with Crippen molar-refractivity contribution in [2.45, 2.75) is 40.2 Å². The van der Waals surface area contributed by atoms with Crippen LogP contribution in [0.3, 0.4) is 0 Å². The number of carbonyl (C=O) groups is 1. The number of aliphatic hydroxyl groups excluding tert-OH is 1. The number of nitrogens with zero attached hydrogens (tertiary/aromatic N) is 1. The third kappa shape index (κ3) is 5.26. The largest absolute Gasteiger partial charge is 0.478 e. The Morgan fingerprint density at radius 3 is 2.53 bits per heavy atom. The summed E-state index contributed by atoms with van der Waals surface area (Å²) in [5.74, 6) is -0.403. The molecule has 0 aliphatic carbocycles. The van der Waals surface area contributed by atoms with Crippen molar-refractivity contribution >= 4 is 11.8 Å². The summed E-state index contributed by atoms with van der Waals surface area (Å²) in [6.45, 7) is 8.26. The topological polar surface area (TPSA) is 82.5 Å². The molecule has 1 heterocycles. The highest BCUT2D eigenvalue weighted by atomic mass is 16.4. The van der Waals surface area contributed by atoms with E-state index in [1.807, 2.05) is 0 Å². The Morgan fingerprint density at radius 1 is 1.42 bits per heavy atom. The highest BCUT2D eigenvalue weighted by Gasteiger charge is 2.16. The summed E-state index contributed by atoms with van der Waals surface area (Å²) in [5, 5.41) is 21.8. The van der Waals surface area contributed by atoms with E-state index in [2.05, 4.69) is 31.1 Å². The van der Waals surface area contributed by atoms with Gasteiger partial charge in [-0.1, -0.05) is 20.8 Å². The van der Waals surface area contributed by atoms with E-state index in [1.165, 1.54) is 6.07 Å². The summed E-state index contributed by atoms with van der Waals surface area (Å²) in [7, 11) is 0. The molecule has 19 heavy (non-hydrogen) atoms. The summed E-state index contributed by atoms with van der Waals surface area (Å²) in [6, 6.07) is 3.13. The number of carboxylic acids is 1. The molecule has 5 heteroatoms. The molecule has 0 bridgehead atoms. The number of aromatic nitrogens is 1. The smallest absolute Gasteiger partial charge is 0.337 e. The van der Waals surface area contributed by atoms with Crippen LogP contribution in [0.15, 0.2) is 12.1 Å². The molecule has 0 aliphatic heterocycles. The van der Waals surface area contributed by atoms with Crippen molar-refractivity contribution in [1.82, 2.24) is 4.98 Å². The molecule has 3 N–H and O–H groups in total. The van der Waals surface area contributed by atoms with E-state index in [-0.39, 0.29) is 11.0 Å². The Balaban J connectivity index is 2.59. The number of rotatable bonds is 5. The molecule has 1 rings (SSSR count). The number of anilines is 1. The quantitative estimate of drug-likeness (QED) is 0.761. The van der Waals surface area contributed by atoms with Crippen LogP contribution in [-0.4, -0.2) is 33.8 Å². The van der Waals surface area contributed by atoms with Gasteiger partial charge in [0, 0.05) is 6.54 Å². The third-order valence-corrected chi connectivity index (χ3v) is 2.68. The average molecular weight is 266 g/mol. The Bertz CT molecular complexity index is 452. The first-order valence-electron chi connectivity index (χ1n) is 6.32. The molecule has 1 aromatic heterocycles. The lowest BCUT2D eigenvalue weighted by Gasteiger charge is -2.22. The number of hydrogen-bond acceptors (Lipinski definition) is 4. The van der Waals surface area contributed by atoms with E-state index in [1.54, 1.807) is 13.0 Å². The van der Waals surface area contributed by atoms with Crippen LogP contribution in [0.4, 0.5) is 5.82 Å². The van der Waals surface area contributed by atoms with Gasteiger partial charge in [-0.05, 0) is 30.9 Å². The summed E-state index contributed by atoms with van der Waals surface area (Å²) in [5.41, 5.74) is 0.723. The van der Waals surface area contributed by atoms with Crippen LogP contribution in [0.1, 0.15) is 43.2 Å². The summed E-state index contributed by atoms with van der Waals surface area (Å²) >= 11 is 0. The highest BCUT2D eigenvalue weighted by molar-refractivity contribution is 5.89. The van der Waals surface area contributed by atoms with Gasteiger partial charge in [0.15, 0.2) is 0 Å².